The number of ether oxygens (including phenoxy) is 1. The van der Waals surface area contributed by atoms with Crippen molar-refractivity contribution in [1.29, 1.82) is 0 Å². The lowest BCUT2D eigenvalue weighted by molar-refractivity contribution is -0.126. The summed E-state index contributed by atoms with van der Waals surface area (Å²) in [6.07, 6.45) is 1.90. The van der Waals surface area contributed by atoms with E-state index in [0.717, 1.165) is 35.4 Å². The highest BCUT2D eigenvalue weighted by Gasteiger charge is 2.17. The maximum atomic E-state index is 11.7. The quantitative estimate of drug-likeness (QED) is 0.712. The first-order chi connectivity index (χ1) is 13.5. The fraction of sp³-hybridized carbons (Fsp3) is 0.381. The number of carbonyl (C=O) groups is 1. The molecule has 3 heterocycles. The molecule has 7 heteroatoms. The fourth-order valence-electron chi connectivity index (χ4n) is 3.60. The van der Waals surface area contributed by atoms with Gasteiger partial charge >= 0.3 is 0 Å². The third kappa shape index (κ3) is 3.52. The molecule has 0 saturated carbocycles. The summed E-state index contributed by atoms with van der Waals surface area (Å²) < 4.78 is 5.59. The second-order valence-electron chi connectivity index (χ2n) is 7.18. The molecule has 0 spiro atoms. The lowest BCUT2D eigenvalue weighted by Crippen LogP contribution is -2.33. The number of imidazole rings is 1. The molecule has 1 amide bonds. The Morgan fingerprint density at radius 2 is 1.93 bits per heavy atom. The van der Waals surface area contributed by atoms with E-state index in [4.69, 9.17) is 9.72 Å². The molecule has 4 rings (SSSR count). The summed E-state index contributed by atoms with van der Waals surface area (Å²) in [4.78, 5) is 26.3. The van der Waals surface area contributed by atoms with Crippen LogP contribution in [0.2, 0.25) is 0 Å². The van der Waals surface area contributed by atoms with Gasteiger partial charge in [-0.3, -0.25) is 4.79 Å². The zero-order valence-electron chi connectivity index (χ0n) is 16.5. The lowest BCUT2D eigenvalue weighted by Gasteiger charge is -2.17. The highest BCUT2D eigenvalue weighted by molar-refractivity contribution is 5.81. The first-order valence-electron chi connectivity index (χ1n) is 9.66. The number of H-pyrrole nitrogens is 1. The van der Waals surface area contributed by atoms with Gasteiger partial charge in [0, 0.05) is 31.4 Å². The number of likely N-dealkylation sites (N-methyl/N-ethyl adjacent to an activating group) is 1. The Kier molecular flexibility index (Phi) is 4.90. The Labute approximate surface area is 164 Å². The Balaban J connectivity index is 1.60. The summed E-state index contributed by atoms with van der Waals surface area (Å²) >= 11 is 0. The molecule has 2 N–H and O–H groups in total. The fourth-order valence-corrected chi connectivity index (χ4v) is 3.60. The molecular weight excluding hydrogens is 354 g/mol. The Morgan fingerprint density at radius 3 is 2.61 bits per heavy atom. The van der Waals surface area contributed by atoms with Crippen LogP contribution in [0.15, 0.2) is 30.3 Å². The molecule has 0 aliphatic carbocycles. The second kappa shape index (κ2) is 7.50. The number of nitrogens with one attached hydrogen (secondary N) is 2. The van der Waals surface area contributed by atoms with E-state index in [9.17, 15) is 4.79 Å². The largest absolute Gasteiger partial charge is 0.452 e. The molecule has 1 unspecified atom stereocenters. The number of aromatic nitrogens is 3. The molecule has 7 nitrogen and oxygen atoms in total. The lowest BCUT2D eigenvalue weighted by atomic mass is 10.1. The molecule has 1 aliphatic rings. The first kappa shape index (κ1) is 18.3. The van der Waals surface area contributed by atoms with Gasteiger partial charge in [-0.05, 0) is 50.5 Å². The normalized spacial score (nSPS) is 15.0. The number of aryl methyl sites for hydroxylation is 1. The SMILES string of the molecule is CNC(=O)C(C)Oc1nc2nc(-c3ccc(N4CCCC4)cc3)c(C)cc2[nH]1. The standard InChI is InChI=1S/C21H25N5O2/c1-13-12-17-19(25-21(23-17)28-14(2)20(27)22-3)24-18(13)15-6-8-16(9-7-15)26-10-4-5-11-26/h6-9,12,14H,4-5,10-11H2,1-3H3,(H,22,27)(H,23,24,25). The van der Waals surface area contributed by atoms with Gasteiger partial charge in [0.2, 0.25) is 0 Å². The highest BCUT2D eigenvalue weighted by Crippen LogP contribution is 2.28. The molecule has 0 radical (unpaired) electrons. The second-order valence-corrected chi connectivity index (χ2v) is 7.18. The predicted molar refractivity (Wildman–Crippen MR) is 110 cm³/mol. The van der Waals surface area contributed by atoms with Gasteiger partial charge in [0.15, 0.2) is 11.8 Å². The van der Waals surface area contributed by atoms with Gasteiger partial charge in [-0.15, -0.1) is 0 Å². The third-order valence-corrected chi connectivity index (χ3v) is 5.16. The Morgan fingerprint density at radius 1 is 1.21 bits per heavy atom. The van der Waals surface area contributed by atoms with Crippen LogP contribution in [0.1, 0.15) is 25.3 Å². The number of pyridine rings is 1. The molecule has 1 atom stereocenters. The Hall–Kier alpha value is -3.09. The predicted octanol–water partition coefficient (Wildman–Crippen LogP) is 3.05. The topological polar surface area (TPSA) is 83.1 Å². The number of hydrogen-bond acceptors (Lipinski definition) is 5. The van der Waals surface area contributed by atoms with Gasteiger partial charge in [-0.25, -0.2) is 4.98 Å². The average Bonchev–Trinajstić information content (AvgIpc) is 3.36. The van der Waals surface area contributed by atoms with Crippen LogP contribution in [-0.4, -0.2) is 47.1 Å². The molecule has 3 aromatic rings. The number of nitrogens with zero attached hydrogens (tertiary/aromatic N) is 3. The average molecular weight is 379 g/mol. The summed E-state index contributed by atoms with van der Waals surface area (Å²) in [7, 11) is 1.58. The maximum absolute atomic E-state index is 11.7. The number of anilines is 1. The minimum Gasteiger partial charge on any atom is -0.452 e. The van der Waals surface area contributed by atoms with E-state index in [-0.39, 0.29) is 5.91 Å². The van der Waals surface area contributed by atoms with Gasteiger partial charge in [0.25, 0.3) is 11.9 Å². The van der Waals surface area contributed by atoms with Crippen molar-refractivity contribution in [3.63, 3.8) is 0 Å². The smallest absolute Gasteiger partial charge is 0.296 e. The van der Waals surface area contributed by atoms with Crippen LogP contribution >= 0.6 is 0 Å². The van der Waals surface area contributed by atoms with Crippen molar-refractivity contribution in [1.82, 2.24) is 20.3 Å². The number of hydrogen-bond donors (Lipinski definition) is 2. The van der Waals surface area contributed by atoms with Crippen molar-refractivity contribution in [3.05, 3.63) is 35.9 Å². The molecule has 2 aromatic heterocycles. The van der Waals surface area contributed by atoms with Crippen molar-refractivity contribution in [2.45, 2.75) is 32.8 Å². The van der Waals surface area contributed by atoms with Gasteiger partial charge in [0.1, 0.15) is 0 Å². The number of benzene rings is 1. The molecule has 1 aromatic carbocycles. The van der Waals surface area contributed by atoms with Crippen molar-refractivity contribution in [2.24, 2.45) is 0 Å². The Bertz CT molecular complexity index is 990. The summed E-state index contributed by atoms with van der Waals surface area (Å²) in [5, 5.41) is 2.56. The van der Waals surface area contributed by atoms with Crippen LogP contribution in [0, 0.1) is 6.92 Å². The van der Waals surface area contributed by atoms with E-state index in [0.29, 0.717) is 11.7 Å². The summed E-state index contributed by atoms with van der Waals surface area (Å²) in [6.45, 7) is 5.98. The molecular formula is C21H25N5O2. The van der Waals surface area contributed by atoms with Gasteiger partial charge < -0.3 is 19.9 Å². The van der Waals surface area contributed by atoms with E-state index in [2.05, 4.69) is 44.5 Å². The van der Waals surface area contributed by atoms with Crippen molar-refractivity contribution in [2.75, 3.05) is 25.0 Å². The molecule has 1 saturated heterocycles. The van der Waals surface area contributed by atoms with Gasteiger partial charge in [-0.1, -0.05) is 12.1 Å². The van der Waals surface area contributed by atoms with E-state index < -0.39 is 6.10 Å². The van der Waals surface area contributed by atoms with E-state index in [1.54, 1.807) is 14.0 Å². The molecule has 1 fully saturated rings. The van der Waals surface area contributed by atoms with Crippen LogP contribution in [0.3, 0.4) is 0 Å². The highest BCUT2D eigenvalue weighted by atomic mass is 16.5. The van der Waals surface area contributed by atoms with Crippen LogP contribution < -0.4 is 15.0 Å². The van der Waals surface area contributed by atoms with Crippen LogP contribution in [0.25, 0.3) is 22.4 Å². The maximum Gasteiger partial charge on any atom is 0.296 e. The first-order valence-corrected chi connectivity index (χ1v) is 9.66. The zero-order valence-corrected chi connectivity index (χ0v) is 16.5. The number of carbonyl (C=O) groups excluding carboxylic acids is 1. The van der Waals surface area contributed by atoms with Gasteiger partial charge in [0.05, 0.1) is 11.2 Å². The monoisotopic (exact) mass is 379 g/mol. The number of rotatable bonds is 5. The van der Waals surface area contributed by atoms with Crippen LogP contribution in [0.5, 0.6) is 6.01 Å². The van der Waals surface area contributed by atoms with Crippen molar-refractivity contribution in [3.8, 4) is 17.3 Å². The van der Waals surface area contributed by atoms with Crippen LogP contribution in [-0.2, 0) is 4.79 Å². The van der Waals surface area contributed by atoms with Crippen molar-refractivity contribution >= 4 is 22.8 Å². The number of amides is 1. The van der Waals surface area contributed by atoms with E-state index in [1.165, 1.54) is 18.5 Å². The summed E-state index contributed by atoms with van der Waals surface area (Å²) in [5.41, 5.74) is 5.64. The molecule has 146 valence electrons. The number of fused-ring (bicyclic) bond motifs is 1. The minimum absolute atomic E-state index is 0.205. The zero-order chi connectivity index (χ0) is 19.7. The molecule has 0 bridgehead atoms. The summed E-state index contributed by atoms with van der Waals surface area (Å²) in [5.74, 6) is -0.205. The number of aromatic amines is 1. The summed E-state index contributed by atoms with van der Waals surface area (Å²) in [6, 6.07) is 10.9. The van der Waals surface area contributed by atoms with Gasteiger partial charge in [-0.2, -0.15) is 4.98 Å². The van der Waals surface area contributed by atoms with Crippen LogP contribution in [0.4, 0.5) is 5.69 Å². The molecule has 28 heavy (non-hydrogen) atoms. The van der Waals surface area contributed by atoms with Crippen molar-refractivity contribution < 1.29 is 9.53 Å². The molecule has 1 aliphatic heterocycles. The van der Waals surface area contributed by atoms with E-state index in [1.807, 2.05) is 13.0 Å². The van der Waals surface area contributed by atoms with E-state index >= 15 is 0 Å². The minimum atomic E-state index is -0.635. The third-order valence-electron chi connectivity index (χ3n) is 5.16.